The van der Waals surface area contributed by atoms with Gasteiger partial charge in [-0.05, 0) is 18.2 Å². The van der Waals surface area contributed by atoms with Gasteiger partial charge in [0.1, 0.15) is 11.4 Å². The number of fused-ring (bicyclic) bond motifs is 1. The van der Waals surface area contributed by atoms with Crippen molar-refractivity contribution in [1.29, 1.82) is 0 Å². The average Bonchev–Trinajstić information content (AvgIpc) is 2.47. The first-order valence-corrected chi connectivity index (χ1v) is 7.25. The van der Waals surface area contributed by atoms with Crippen molar-refractivity contribution in [2.24, 2.45) is 0 Å². The molecule has 0 saturated carbocycles. The van der Waals surface area contributed by atoms with Crippen LogP contribution in [0.5, 0.6) is 0 Å². The minimum atomic E-state index is -1.05. The lowest BCUT2D eigenvalue weighted by Gasteiger charge is -2.08. The highest BCUT2D eigenvalue weighted by atomic mass is 35.5. The Labute approximate surface area is 129 Å². The van der Waals surface area contributed by atoms with E-state index in [0.29, 0.717) is 9.92 Å². The van der Waals surface area contributed by atoms with E-state index in [0.717, 1.165) is 10.9 Å². The second-order valence-corrected chi connectivity index (χ2v) is 5.65. The van der Waals surface area contributed by atoms with E-state index in [1.54, 1.807) is 18.2 Å². The summed E-state index contributed by atoms with van der Waals surface area (Å²) in [4.78, 5) is 20.4. The lowest BCUT2D eigenvalue weighted by Crippen LogP contribution is -2.00. The molecule has 6 heteroatoms. The molecule has 0 saturated heterocycles. The Balaban J connectivity index is 2.12. The molecule has 2 aromatic carbocycles. The molecule has 1 aromatic heterocycles. The first-order chi connectivity index (χ1) is 10.2. The van der Waals surface area contributed by atoms with Crippen LogP contribution in [0.15, 0.2) is 58.7 Å². The van der Waals surface area contributed by atoms with Gasteiger partial charge in [0.05, 0.1) is 16.1 Å². The van der Waals surface area contributed by atoms with Crippen LogP contribution in [-0.2, 0) is 0 Å². The number of carboxylic acids is 1. The van der Waals surface area contributed by atoms with E-state index in [1.165, 1.54) is 18.1 Å². The number of aromatic nitrogens is 2. The monoisotopic (exact) mass is 316 g/mol. The lowest BCUT2D eigenvalue weighted by atomic mass is 10.2. The number of benzene rings is 2. The summed E-state index contributed by atoms with van der Waals surface area (Å²) in [6.07, 6.45) is 1.47. The van der Waals surface area contributed by atoms with Crippen molar-refractivity contribution in [3.63, 3.8) is 0 Å². The molecule has 21 heavy (non-hydrogen) atoms. The van der Waals surface area contributed by atoms with Crippen molar-refractivity contribution in [1.82, 2.24) is 9.97 Å². The number of carbonyl (C=O) groups is 1. The molecule has 0 radical (unpaired) electrons. The fourth-order valence-corrected chi connectivity index (χ4v) is 3.31. The molecule has 1 N–H and O–H groups in total. The van der Waals surface area contributed by atoms with E-state index in [-0.39, 0.29) is 10.6 Å². The molecule has 0 aliphatic heterocycles. The van der Waals surface area contributed by atoms with Gasteiger partial charge in [0.25, 0.3) is 0 Å². The minimum absolute atomic E-state index is 0.0897. The van der Waals surface area contributed by atoms with E-state index in [4.69, 9.17) is 11.6 Å². The van der Waals surface area contributed by atoms with Gasteiger partial charge in [-0.15, -0.1) is 0 Å². The maximum Gasteiger partial charge on any atom is 0.338 e. The van der Waals surface area contributed by atoms with E-state index in [2.05, 4.69) is 9.97 Å². The van der Waals surface area contributed by atoms with Gasteiger partial charge in [-0.2, -0.15) is 0 Å². The molecule has 0 bridgehead atoms. The third-order valence-electron chi connectivity index (χ3n) is 2.90. The Morgan fingerprint density at radius 3 is 2.71 bits per heavy atom. The van der Waals surface area contributed by atoms with E-state index in [9.17, 15) is 9.90 Å². The summed E-state index contributed by atoms with van der Waals surface area (Å²) >= 11 is 7.25. The van der Waals surface area contributed by atoms with Crippen LogP contribution in [-0.4, -0.2) is 21.0 Å². The van der Waals surface area contributed by atoms with Crippen LogP contribution in [0, 0.1) is 0 Å². The SMILES string of the molecule is O=C(O)c1c(Cl)cccc1Sc1ncnc2ccccc12. The molecular formula is C15H9ClN2O2S. The van der Waals surface area contributed by atoms with E-state index < -0.39 is 5.97 Å². The quantitative estimate of drug-likeness (QED) is 0.736. The van der Waals surface area contributed by atoms with Gasteiger partial charge in [0.2, 0.25) is 0 Å². The van der Waals surface area contributed by atoms with Crippen molar-refractivity contribution in [3.05, 3.63) is 59.4 Å². The molecule has 0 fully saturated rings. The van der Waals surface area contributed by atoms with Crippen LogP contribution in [0.25, 0.3) is 10.9 Å². The van der Waals surface area contributed by atoms with Gasteiger partial charge in [-0.25, -0.2) is 14.8 Å². The van der Waals surface area contributed by atoms with Gasteiger partial charge < -0.3 is 5.11 Å². The maximum atomic E-state index is 11.4. The number of halogens is 1. The van der Waals surface area contributed by atoms with Gasteiger partial charge in [0, 0.05) is 10.3 Å². The Hall–Kier alpha value is -2.11. The predicted octanol–water partition coefficient (Wildman–Crippen LogP) is 4.13. The van der Waals surface area contributed by atoms with E-state index >= 15 is 0 Å². The number of carboxylic acid groups (broad SMARTS) is 1. The zero-order chi connectivity index (χ0) is 14.8. The van der Waals surface area contributed by atoms with E-state index in [1.807, 2.05) is 24.3 Å². The number of rotatable bonds is 3. The molecule has 0 amide bonds. The van der Waals surface area contributed by atoms with Crippen molar-refractivity contribution in [3.8, 4) is 0 Å². The fraction of sp³-hybridized carbons (Fsp3) is 0. The molecule has 0 atom stereocenters. The van der Waals surface area contributed by atoms with Gasteiger partial charge in [-0.1, -0.05) is 47.6 Å². The molecule has 0 spiro atoms. The first-order valence-electron chi connectivity index (χ1n) is 6.06. The maximum absolute atomic E-state index is 11.4. The van der Waals surface area contributed by atoms with Crippen LogP contribution in [0.3, 0.4) is 0 Å². The lowest BCUT2D eigenvalue weighted by molar-refractivity contribution is 0.0693. The Morgan fingerprint density at radius 1 is 1.10 bits per heavy atom. The average molecular weight is 317 g/mol. The van der Waals surface area contributed by atoms with Gasteiger partial charge in [0.15, 0.2) is 0 Å². The second kappa shape index (κ2) is 5.71. The number of hydrogen-bond acceptors (Lipinski definition) is 4. The predicted molar refractivity (Wildman–Crippen MR) is 82.1 cm³/mol. The largest absolute Gasteiger partial charge is 0.478 e. The van der Waals surface area contributed by atoms with Crippen LogP contribution < -0.4 is 0 Å². The third kappa shape index (κ3) is 2.70. The topological polar surface area (TPSA) is 63.1 Å². The molecule has 0 aliphatic carbocycles. The fourth-order valence-electron chi connectivity index (χ4n) is 1.96. The number of nitrogens with zero attached hydrogens (tertiary/aromatic N) is 2. The van der Waals surface area contributed by atoms with Gasteiger partial charge >= 0.3 is 5.97 Å². The molecule has 3 aromatic rings. The summed E-state index contributed by atoms with van der Waals surface area (Å²) in [6, 6.07) is 12.6. The highest BCUT2D eigenvalue weighted by molar-refractivity contribution is 7.99. The smallest absolute Gasteiger partial charge is 0.338 e. The second-order valence-electron chi connectivity index (χ2n) is 4.22. The molecule has 104 valence electrons. The van der Waals surface area contributed by atoms with Crippen LogP contribution in [0.2, 0.25) is 5.02 Å². The zero-order valence-electron chi connectivity index (χ0n) is 10.7. The number of para-hydroxylation sites is 1. The summed E-state index contributed by atoms with van der Waals surface area (Å²) < 4.78 is 0. The van der Waals surface area contributed by atoms with Crippen LogP contribution in [0.1, 0.15) is 10.4 Å². The molecule has 0 aliphatic rings. The van der Waals surface area contributed by atoms with Crippen molar-refractivity contribution >= 4 is 40.2 Å². The van der Waals surface area contributed by atoms with Gasteiger partial charge in [-0.3, -0.25) is 0 Å². The molecular weight excluding hydrogens is 308 g/mol. The summed E-state index contributed by atoms with van der Waals surface area (Å²) in [5, 5.41) is 11.1. The summed E-state index contributed by atoms with van der Waals surface area (Å²) in [5.74, 6) is -1.05. The number of hydrogen-bond donors (Lipinski definition) is 1. The van der Waals surface area contributed by atoms with Crippen LogP contribution in [0.4, 0.5) is 0 Å². The van der Waals surface area contributed by atoms with Crippen LogP contribution >= 0.6 is 23.4 Å². The first kappa shape index (κ1) is 13.9. The Kier molecular flexibility index (Phi) is 3.77. The number of aromatic carboxylic acids is 1. The molecule has 3 rings (SSSR count). The summed E-state index contributed by atoms with van der Waals surface area (Å²) in [5.41, 5.74) is 0.903. The standard InChI is InChI=1S/C15H9ClN2O2S/c16-10-5-3-7-12(13(10)15(19)20)21-14-9-4-1-2-6-11(9)17-8-18-14/h1-8H,(H,19,20). The highest BCUT2D eigenvalue weighted by Gasteiger charge is 2.16. The zero-order valence-corrected chi connectivity index (χ0v) is 12.2. The van der Waals surface area contributed by atoms with Crippen molar-refractivity contribution < 1.29 is 9.90 Å². The van der Waals surface area contributed by atoms with Crippen molar-refractivity contribution in [2.45, 2.75) is 9.92 Å². The van der Waals surface area contributed by atoms with Crippen molar-refractivity contribution in [2.75, 3.05) is 0 Å². The summed E-state index contributed by atoms with van der Waals surface area (Å²) in [7, 11) is 0. The third-order valence-corrected chi connectivity index (χ3v) is 4.30. The molecule has 4 nitrogen and oxygen atoms in total. The molecule has 1 heterocycles. The Morgan fingerprint density at radius 2 is 1.90 bits per heavy atom. The highest BCUT2D eigenvalue weighted by Crippen LogP contribution is 2.35. The minimum Gasteiger partial charge on any atom is -0.478 e. The summed E-state index contributed by atoms with van der Waals surface area (Å²) in [6.45, 7) is 0. The normalized spacial score (nSPS) is 10.7. The Bertz CT molecular complexity index is 834. The molecule has 0 unspecified atom stereocenters.